The number of ether oxygens (including phenoxy) is 1. The number of hydrogen-bond acceptors (Lipinski definition) is 3. The van der Waals surface area contributed by atoms with Crippen molar-refractivity contribution >= 4 is 21.6 Å². The fourth-order valence-electron chi connectivity index (χ4n) is 1.90. The molecule has 0 bridgehead atoms. The smallest absolute Gasteiger partial charge is 0.240 e. The first-order chi connectivity index (χ1) is 9.94. The molecule has 0 unspecified atom stereocenters. The van der Waals surface area contributed by atoms with Gasteiger partial charge in [0.15, 0.2) is 0 Å². The van der Waals surface area contributed by atoms with Crippen molar-refractivity contribution in [3.63, 3.8) is 0 Å². The quantitative estimate of drug-likeness (QED) is 0.918. The van der Waals surface area contributed by atoms with E-state index >= 15 is 0 Å². The summed E-state index contributed by atoms with van der Waals surface area (Å²) in [5, 5.41) is 0.456. The van der Waals surface area contributed by atoms with E-state index in [-0.39, 0.29) is 11.4 Å². The molecule has 0 saturated carbocycles. The summed E-state index contributed by atoms with van der Waals surface area (Å²) in [6, 6.07) is 11.7. The van der Waals surface area contributed by atoms with Crippen LogP contribution in [-0.4, -0.2) is 15.5 Å². The molecule has 112 valence electrons. The molecule has 0 aliphatic rings. The summed E-state index contributed by atoms with van der Waals surface area (Å²) in [5.74, 6) is 0.573. The van der Waals surface area contributed by atoms with Crippen LogP contribution in [0.2, 0.25) is 5.02 Å². The molecule has 0 amide bonds. The first-order valence-corrected chi connectivity index (χ1v) is 8.18. The van der Waals surface area contributed by atoms with E-state index in [1.54, 1.807) is 49.6 Å². The van der Waals surface area contributed by atoms with E-state index in [2.05, 4.69) is 4.72 Å². The Balaban J connectivity index is 2.19. The van der Waals surface area contributed by atoms with Crippen LogP contribution in [0.15, 0.2) is 47.4 Å². The molecule has 0 heterocycles. The number of hydrogen-bond donors (Lipinski definition) is 1. The minimum atomic E-state index is -3.53. The summed E-state index contributed by atoms with van der Waals surface area (Å²) < 4.78 is 32.0. The van der Waals surface area contributed by atoms with E-state index < -0.39 is 10.0 Å². The van der Waals surface area contributed by atoms with Crippen LogP contribution in [0.5, 0.6) is 5.75 Å². The van der Waals surface area contributed by atoms with Gasteiger partial charge in [-0.1, -0.05) is 29.8 Å². The van der Waals surface area contributed by atoms with Gasteiger partial charge in [-0.25, -0.2) is 13.1 Å². The second kappa shape index (κ2) is 6.47. The predicted molar refractivity (Wildman–Crippen MR) is 83.2 cm³/mol. The number of methoxy groups -OCH3 is 1. The minimum Gasteiger partial charge on any atom is -0.495 e. The standard InChI is InChI=1S/C15H16ClNO3S/c1-11-8-15(20-2)14(16)9-12(11)10-17-21(18,19)13-6-4-3-5-7-13/h3-9,17H,10H2,1-2H3. The summed E-state index contributed by atoms with van der Waals surface area (Å²) >= 11 is 6.07. The fourth-order valence-corrected chi connectivity index (χ4v) is 3.19. The summed E-state index contributed by atoms with van der Waals surface area (Å²) in [4.78, 5) is 0.238. The van der Waals surface area contributed by atoms with E-state index in [1.165, 1.54) is 0 Å². The maximum atomic E-state index is 12.2. The lowest BCUT2D eigenvalue weighted by atomic mass is 10.1. The second-order valence-corrected chi connectivity index (χ2v) is 6.72. The first kappa shape index (κ1) is 15.8. The average Bonchev–Trinajstić information content (AvgIpc) is 2.48. The molecular weight excluding hydrogens is 310 g/mol. The molecule has 0 aliphatic heterocycles. The van der Waals surface area contributed by atoms with Gasteiger partial charge in [0.05, 0.1) is 17.0 Å². The molecule has 0 spiro atoms. The van der Waals surface area contributed by atoms with Gasteiger partial charge in [-0.3, -0.25) is 0 Å². The van der Waals surface area contributed by atoms with Gasteiger partial charge in [0.2, 0.25) is 10.0 Å². The predicted octanol–water partition coefficient (Wildman–Crippen LogP) is 3.14. The normalized spacial score (nSPS) is 11.4. The Morgan fingerprint density at radius 3 is 2.48 bits per heavy atom. The van der Waals surface area contributed by atoms with Crippen LogP contribution in [-0.2, 0) is 16.6 Å². The van der Waals surface area contributed by atoms with Gasteiger partial charge < -0.3 is 4.74 Å². The molecule has 0 radical (unpaired) electrons. The van der Waals surface area contributed by atoms with Crippen LogP contribution in [0.1, 0.15) is 11.1 Å². The zero-order valence-corrected chi connectivity index (χ0v) is 13.3. The third-order valence-electron chi connectivity index (χ3n) is 3.12. The molecule has 0 aliphatic carbocycles. The number of rotatable bonds is 5. The molecule has 2 aromatic carbocycles. The topological polar surface area (TPSA) is 55.4 Å². The Bertz CT molecular complexity index is 730. The number of nitrogens with one attached hydrogen (secondary N) is 1. The molecule has 21 heavy (non-hydrogen) atoms. The molecule has 2 rings (SSSR count). The lowest BCUT2D eigenvalue weighted by molar-refractivity contribution is 0.414. The number of benzene rings is 2. The van der Waals surface area contributed by atoms with Gasteiger partial charge >= 0.3 is 0 Å². The highest BCUT2D eigenvalue weighted by Gasteiger charge is 2.14. The van der Waals surface area contributed by atoms with Gasteiger partial charge in [0.1, 0.15) is 5.75 Å². The molecule has 1 N–H and O–H groups in total. The van der Waals surface area contributed by atoms with Gasteiger partial charge in [0, 0.05) is 6.54 Å². The minimum absolute atomic E-state index is 0.173. The molecule has 2 aromatic rings. The van der Waals surface area contributed by atoms with Crippen LogP contribution >= 0.6 is 11.6 Å². The van der Waals surface area contributed by atoms with Crippen molar-refractivity contribution < 1.29 is 13.2 Å². The first-order valence-electron chi connectivity index (χ1n) is 6.32. The monoisotopic (exact) mass is 325 g/mol. The van der Waals surface area contributed by atoms with E-state index in [0.717, 1.165) is 11.1 Å². The Hall–Kier alpha value is -1.56. The van der Waals surface area contributed by atoms with Gasteiger partial charge in [0.25, 0.3) is 0 Å². The number of sulfonamides is 1. The SMILES string of the molecule is COc1cc(C)c(CNS(=O)(=O)c2ccccc2)cc1Cl. The third-order valence-corrected chi connectivity index (χ3v) is 4.83. The molecule has 6 heteroatoms. The summed E-state index contributed by atoms with van der Waals surface area (Å²) in [6.45, 7) is 2.05. The van der Waals surface area contributed by atoms with E-state index in [0.29, 0.717) is 10.8 Å². The zero-order chi connectivity index (χ0) is 15.5. The van der Waals surface area contributed by atoms with Gasteiger partial charge in [-0.15, -0.1) is 0 Å². The van der Waals surface area contributed by atoms with E-state index in [9.17, 15) is 8.42 Å². The zero-order valence-electron chi connectivity index (χ0n) is 11.8. The fraction of sp³-hybridized carbons (Fsp3) is 0.200. The number of aryl methyl sites for hydroxylation is 1. The third kappa shape index (κ3) is 3.75. The van der Waals surface area contributed by atoms with Crippen molar-refractivity contribution in [2.24, 2.45) is 0 Å². The molecule has 0 aromatic heterocycles. The lowest BCUT2D eigenvalue weighted by Crippen LogP contribution is -2.23. The van der Waals surface area contributed by atoms with Crippen molar-refractivity contribution in [3.05, 3.63) is 58.6 Å². The molecule has 4 nitrogen and oxygen atoms in total. The highest BCUT2D eigenvalue weighted by Crippen LogP contribution is 2.27. The van der Waals surface area contributed by atoms with Gasteiger partial charge in [-0.05, 0) is 42.3 Å². The highest BCUT2D eigenvalue weighted by molar-refractivity contribution is 7.89. The summed E-state index contributed by atoms with van der Waals surface area (Å²) in [7, 11) is -1.99. The van der Waals surface area contributed by atoms with Crippen LogP contribution in [0.25, 0.3) is 0 Å². The largest absolute Gasteiger partial charge is 0.495 e. The molecule has 0 fully saturated rings. The van der Waals surface area contributed by atoms with Crippen molar-refractivity contribution in [3.8, 4) is 5.75 Å². The lowest BCUT2D eigenvalue weighted by Gasteiger charge is -2.11. The average molecular weight is 326 g/mol. The Kier molecular flexibility index (Phi) is 4.88. The van der Waals surface area contributed by atoms with Crippen LogP contribution < -0.4 is 9.46 Å². The van der Waals surface area contributed by atoms with Crippen molar-refractivity contribution in [1.82, 2.24) is 4.72 Å². The van der Waals surface area contributed by atoms with Crippen LogP contribution in [0.4, 0.5) is 0 Å². The number of halogens is 1. The molecule has 0 saturated heterocycles. The highest BCUT2D eigenvalue weighted by atomic mass is 35.5. The second-order valence-electron chi connectivity index (χ2n) is 4.55. The molecular formula is C15H16ClNO3S. The Labute approximate surface area is 129 Å². The van der Waals surface area contributed by atoms with E-state index in [4.69, 9.17) is 16.3 Å². The van der Waals surface area contributed by atoms with Crippen molar-refractivity contribution in [2.45, 2.75) is 18.4 Å². The van der Waals surface area contributed by atoms with Crippen molar-refractivity contribution in [1.29, 1.82) is 0 Å². The Morgan fingerprint density at radius 1 is 1.19 bits per heavy atom. The van der Waals surface area contributed by atoms with Crippen LogP contribution in [0, 0.1) is 6.92 Å². The summed E-state index contributed by atoms with van der Waals surface area (Å²) in [6.07, 6.45) is 0. The molecule has 0 atom stereocenters. The Morgan fingerprint density at radius 2 is 1.86 bits per heavy atom. The van der Waals surface area contributed by atoms with Crippen molar-refractivity contribution in [2.75, 3.05) is 7.11 Å². The van der Waals surface area contributed by atoms with Crippen LogP contribution in [0.3, 0.4) is 0 Å². The van der Waals surface area contributed by atoms with E-state index in [1.807, 2.05) is 6.92 Å². The van der Waals surface area contributed by atoms with Gasteiger partial charge in [-0.2, -0.15) is 0 Å². The maximum Gasteiger partial charge on any atom is 0.240 e. The summed E-state index contributed by atoms with van der Waals surface area (Å²) in [5.41, 5.74) is 1.72. The maximum absolute atomic E-state index is 12.2.